The largest absolute Gasteiger partial charge is 0.388 e. The number of rotatable bonds is 4. The van der Waals surface area contributed by atoms with Crippen LogP contribution in [0.25, 0.3) is 22.2 Å². The molecule has 2 heterocycles. The molecule has 1 fully saturated rings. The Kier molecular flexibility index (Phi) is 4.77. The van der Waals surface area contributed by atoms with Gasteiger partial charge in [0, 0.05) is 10.9 Å². The van der Waals surface area contributed by atoms with Crippen LogP contribution in [0.15, 0.2) is 60.7 Å². The van der Waals surface area contributed by atoms with E-state index in [-0.39, 0.29) is 0 Å². The smallest absolute Gasteiger partial charge is 0.0800 e. The summed E-state index contributed by atoms with van der Waals surface area (Å²) in [4.78, 5) is 4.81. The minimum atomic E-state index is -0.446. The Balaban J connectivity index is 1.73. The Morgan fingerprint density at radius 1 is 1.00 bits per heavy atom. The van der Waals surface area contributed by atoms with Gasteiger partial charge in [-0.25, -0.2) is 4.98 Å². The second kappa shape index (κ2) is 7.34. The van der Waals surface area contributed by atoms with Crippen molar-refractivity contribution in [3.63, 3.8) is 0 Å². The summed E-state index contributed by atoms with van der Waals surface area (Å²) in [5, 5.41) is 15.4. The van der Waals surface area contributed by atoms with Gasteiger partial charge in [-0.1, -0.05) is 48.5 Å². The summed E-state index contributed by atoms with van der Waals surface area (Å²) in [7, 11) is 0. The summed E-state index contributed by atoms with van der Waals surface area (Å²) >= 11 is 0. The second-order valence-corrected chi connectivity index (χ2v) is 6.92. The van der Waals surface area contributed by atoms with Gasteiger partial charge in [-0.2, -0.15) is 0 Å². The fourth-order valence-electron chi connectivity index (χ4n) is 3.79. The minimum Gasteiger partial charge on any atom is -0.388 e. The zero-order chi connectivity index (χ0) is 17.1. The summed E-state index contributed by atoms with van der Waals surface area (Å²) in [5.41, 5.74) is 3.97. The van der Waals surface area contributed by atoms with Gasteiger partial charge < -0.3 is 10.4 Å². The summed E-state index contributed by atoms with van der Waals surface area (Å²) in [6.07, 6.45) is 2.67. The van der Waals surface area contributed by atoms with Gasteiger partial charge >= 0.3 is 0 Å². The Morgan fingerprint density at radius 2 is 1.72 bits per heavy atom. The van der Waals surface area contributed by atoms with Crippen molar-refractivity contribution in [1.82, 2.24) is 10.3 Å². The van der Waals surface area contributed by atoms with Crippen LogP contribution in [0.3, 0.4) is 0 Å². The van der Waals surface area contributed by atoms with Crippen LogP contribution < -0.4 is 5.32 Å². The number of pyridine rings is 1. The molecule has 0 spiro atoms. The normalized spacial score (nSPS) is 16.8. The molecule has 0 aliphatic carbocycles. The average Bonchev–Trinajstić information content (AvgIpc) is 2.68. The van der Waals surface area contributed by atoms with E-state index in [1.165, 1.54) is 0 Å². The Hall–Kier alpha value is -2.23. The molecule has 128 valence electrons. The van der Waals surface area contributed by atoms with Crippen molar-refractivity contribution in [2.24, 2.45) is 5.92 Å². The predicted molar refractivity (Wildman–Crippen MR) is 102 cm³/mol. The van der Waals surface area contributed by atoms with Gasteiger partial charge in [-0.3, -0.25) is 0 Å². The highest BCUT2D eigenvalue weighted by molar-refractivity contribution is 5.85. The van der Waals surface area contributed by atoms with Crippen molar-refractivity contribution >= 4 is 10.9 Å². The summed E-state index contributed by atoms with van der Waals surface area (Å²) < 4.78 is 0. The highest BCUT2D eigenvalue weighted by Gasteiger charge is 2.21. The molecule has 0 amide bonds. The number of aliphatic hydroxyl groups is 1. The van der Waals surface area contributed by atoms with Crippen LogP contribution in [0.5, 0.6) is 0 Å². The van der Waals surface area contributed by atoms with Gasteiger partial charge in [0.15, 0.2) is 0 Å². The molecule has 0 bridgehead atoms. The van der Waals surface area contributed by atoms with E-state index in [1.807, 2.05) is 36.4 Å². The molecule has 1 saturated heterocycles. The van der Waals surface area contributed by atoms with Crippen molar-refractivity contribution in [2.45, 2.75) is 25.4 Å². The quantitative estimate of drug-likeness (QED) is 0.748. The van der Waals surface area contributed by atoms with Crippen LogP contribution in [0.1, 0.15) is 30.9 Å². The molecular weight excluding hydrogens is 308 g/mol. The first-order chi connectivity index (χ1) is 12.3. The standard InChI is InChI=1S/C22H24N2O/c25-22(14-16-10-12-23-13-11-16)19-15-21(17-6-2-1-3-7-17)24-20-9-5-4-8-18(19)20/h1-9,15-16,22-23,25H,10-14H2. The summed E-state index contributed by atoms with van der Waals surface area (Å²) in [5.74, 6) is 0.586. The number of fused-ring (bicyclic) bond motifs is 1. The van der Waals surface area contributed by atoms with Gasteiger partial charge in [0.05, 0.1) is 17.3 Å². The molecule has 1 atom stereocenters. The molecular formula is C22H24N2O. The van der Waals surface area contributed by atoms with Crippen LogP contribution in [-0.4, -0.2) is 23.2 Å². The number of piperidine rings is 1. The second-order valence-electron chi connectivity index (χ2n) is 6.92. The zero-order valence-corrected chi connectivity index (χ0v) is 14.4. The molecule has 2 aromatic carbocycles. The number of aliphatic hydroxyl groups excluding tert-OH is 1. The molecule has 3 heteroatoms. The molecule has 3 nitrogen and oxygen atoms in total. The van der Waals surface area contributed by atoms with E-state index in [1.54, 1.807) is 0 Å². The lowest BCUT2D eigenvalue weighted by molar-refractivity contribution is 0.135. The Labute approximate surface area is 148 Å². The first-order valence-electron chi connectivity index (χ1n) is 9.15. The maximum Gasteiger partial charge on any atom is 0.0800 e. The maximum absolute atomic E-state index is 11.0. The number of hydrogen-bond donors (Lipinski definition) is 2. The monoisotopic (exact) mass is 332 g/mol. The van der Waals surface area contributed by atoms with E-state index in [4.69, 9.17) is 4.98 Å². The number of benzene rings is 2. The average molecular weight is 332 g/mol. The Bertz CT molecular complexity index is 841. The molecule has 25 heavy (non-hydrogen) atoms. The predicted octanol–water partition coefficient (Wildman–Crippen LogP) is 4.32. The van der Waals surface area contributed by atoms with E-state index in [0.29, 0.717) is 5.92 Å². The minimum absolute atomic E-state index is 0.446. The molecule has 1 unspecified atom stereocenters. The molecule has 1 aliphatic heterocycles. The highest BCUT2D eigenvalue weighted by Crippen LogP contribution is 2.33. The lowest BCUT2D eigenvalue weighted by atomic mass is 9.88. The number of aromatic nitrogens is 1. The summed E-state index contributed by atoms with van der Waals surface area (Å²) in [6.45, 7) is 2.12. The van der Waals surface area contributed by atoms with E-state index < -0.39 is 6.10 Å². The highest BCUT2D eigenvalue weighted by atomic mass is 16.3. The van der Waals surface area contributed by atoms with Gasteiger partial charge in [0.25, 0.3) is 0 Å². The fourth-order valence-corrected chi connectivity index (χ4v) is 3.79. The van der Waals surface area contributed by atoms with Crippen molar-refractivity contribution in [1.29, 1.82) is 0 Å². The van der Waals surface area contributed by atoms with Crippen molar-refractivity contribution in [2.75, 3.05) is 13.1 Å². The summed E-state index contributed by atoms with van der Waals surface area (Å²) in [6, 6.07) is 20.4. The molecule has 0 saturated carbocycles. The topological polar surface area (TPSA) is 45.1 Å². The lowest BCUT2D eigenvalue weighted by Crippen LogP contribution is -2.28. The van der Waals surface area contributed by atoms with Crippen molar-refractivity contribution in [3.8, 4) is 11.3 Å². The van der Waals surface area contributed by atoms with E-state index in [2.05, 4.69) is 29.6 Å². The molecule has 1 aromatic heterocycles. The Morgan fingerprint density at radius 3 is 2.52 bits per heavy atom. The lowest BCUT2D eigenvalue weighted by Gasteiger charge is -2.25. The fraction of sp³-hybridized carbons (Fsp3) is 0.318. The SMILES string of the molecule is OC(CC1CCNCC1)c1cc(-c2ccccc2)nc2ccccc12. The van der Waals surface area contributed by atoms with Crippen molar-refractivity contribution in [3.05, 3.63) is 66.2 Å². The van der Waals surface area contributed by atoms with E-state index in [0.717, 1.165) is 60.1 Å². The zero-order valence-electron chi connectivity index (χ0n) is 14.4. The first kappa shape index (κ1) is 16.2. The molecule has 0 radical (unpaired) electrons. The van der Waals surface area contributed by atoms with Crippen LogP contribution in [0.2, 0.25) is 0 Å². The number of nitrogens with one attached hydrogen (secondary N) is 1. The van der Waals surface area contributed by atoms with Crippen LogP contribution >= 0.6 is 0 Å². The van der Waals surface area contributed by atoms with Crippen LogP contribution in [0.4, 0.5) is 0 Å². The third-order valence-corrected chi connectivity index (χ3v) is 5.19. The third-order valence-electron chi connectivity index (χ3n) is 5.19. The van der Waals surface area contributed by atoms with Gasteiger partial charge in [-0.15, -0.1) is 0 Å². The third kappa shape index (κ3) is 3.58. The molecule has 3 aromatic rings. The number of para-hydroxylation sites is 1. The van der Waals surface area contributed by atoms with Crippen molar-refractivity contribution < 1.29 is 5.11 Å². The number of hydrogen-bond acceptors (Lipinski definition) is 3. The number of nitrogens with zero attached hydrogens (tertiary/aromatic N) is 1. The van der Waals surface area contributed by atoms with Crippen LogP contribution in [-0.2, 0) is 0 Å². The van der Waals surface area contributed by atoms with Crippen LogP contribution in [0, 0.1) is 5.92 Å². The van der Waals surface area contributed by atoms with E-state index in [9.17, 15) is 5.11 Å². The first-order valence-corrected chi connectivity index (χ1v) is 9.15. The molecule has 4 rings (SSSR count). The molecule has 1 aliphatic rings. The van der Waals surface area contributed by atoms with E-state index >= 15 is 0 Å². The van der Waals surface area contributed by atoms with Gasteiger partial charge in [-0.05, 0) is 56.0 Å². The molecule has 2 N–H and O–H groups in total. The van der Waals surface area contributed by atoms with Gasteiger partial charge in [0.2, 0.25) is 0 Å². The van der Waals surface area contributed by atoms with Gasteiger partial charge in [0.1, 0.15) is 0 Å². The maximum atomic E-state index is 11.0.